The van der Waals surface area contributed by atoms with E-state index in [9.17, 15) is 29.4 Å². The van der Waals surface area contributed by atoms with Gasteiger partial charge in [-0.05, 0) is 55.6 Å². The molecule has 2 amide bonds. The summed E-state index contributed by atoms with van der Waals surface area (Å²) >= 11 is 14.6. The third-order valence-electron chi connectivity index (χ3n) is 9.93. The summed E-state index contributed by atoms with van der Waals surface area (Å²) in [5.74, 6) is -3.90. The highest BCUT2D eigenvalue weighted by Crippen LogP contribution is 2.47. The lowest BCUT2D eigenvalue weighted by molar-refractivity contribution is -0.133. The van der Waals surface area contributed by atoms with Gasteiger partial charge in [-0.3, -0.25) is 9.59 Å². The minimum Gasteiger partial charge on any atom is -0.478 e. The van der Waals surface area contributed by atoms with Crippen LogP contribution in [0.1, 0.15) is 81.2 Å². The third-order valence-corrected chi connectivity index (χ3v) is 11.4. The Morgan fingerprint density at radius 2 is 1.64 bits per heavy atom. The van der Waals surface area contributed by atoms with Crippen molar-refractivity contribution < 1.29 is 29.4 Å². The maximum absolute atomic E-state index is 13.9. The summed E-state index contributed by atoms with van der Waals surface area (Å²) in [5.41, 5.74) is 0.158. The number of hydrogen-bond acceptors (Lipinski definition) is 7. The van der Waals surface area contributed by atoms with Gasteiger partial charge in [0.05, 0.1) is 28.5 Å². The number of carboxylic acid groups (broad SMARTS) is 2. The predicted octanol–water partition coefficient (Wildman–Crippen LogP) is 6.16. The van der Waals surface area contributed by atoms with Crippen molar-refractivity contribution in [2.75, 3.05) is 19.6 Å². The fraction of sp³-hybridized carbons (Fsp3) is 0.500. The van der Waals surface area contributed by atoms with Gasteiger partial charge < -0.3 is 25.7 Å². The Hall–Kier alpha value is -3.41. The topological polar surface area (TPSA) is 149 Å². The van der Waals surface area contributed by atoms with E-state index in [2.05, 4.69) is 15.6 Å². The second-order valence-corrected chi connectivity index (χ2v) is 14.5. The lowest BCUT2D eigenvalue weighted by Gasteiger charge is -2.47. The Kier molecular flexibility index (Phi) is 11.3. The zero-order valence-corrected chi connectivity index (χ0v) is 28.6. The number of amides is 2. The van der Waals surface area contributed by atoms with Crippen molar-refractivity contribution in [2.24, 2.45) is 11.3 Å². The highest BCUT2D eigenvalue weighted by Gasteiger charge is 2.43. The van der Waals surface area contributed by atoms with Crippen LogP contribution in [0.4, 0.5) is 0 Å². The van der Waals surface area contributed by atoms with Crippen molar-refractivity contribution in [2.45, 2.75) is 77.0 Å². The maximum Gasteiger partial charge on any atom is 0.334 e. The van der Waals surface area contributed by atoms with E-state index in [1.165, 1.54) is 17.8 Å². The fourth-order valence-electron chi connectivity index (χ4n) is 7.62. The fourth-order valence-corrected chi connectivity index (χ4v) is 8.86. The molecular weight excluding hydrogens is 663 g/mol. The normalized spacial score (nSPS) is 20.1. The van der Waals surface area contributed by atoms with Crippen LogP contribution < -0.4 is 10.6 Å². The molecule has 1 saturated heterocycles. The second-order valence-electron chi connectivity index (χ2n) is 12.7. The largest absolute Gasteiger partial charge is 0.478 e. The molecule has 0 radical (unpaired) electrons. The van der Waals surface area contributed by atoms with Gasteiger partial charge in [0.2, 0.25) is 11.8 Å². The molecule has 1 aliphatic carbocycles. The van der Waals surface area contributed by atoms with Crippen LogP contribution in [0.5, 0.6) is 0 Å². The minimum absolute atomic E-state index is 0.0226. The van der Waals surface area contributed by atoms with E-state index in [4.69, 9.17) is 23.2 Å². The number of carboxylic acids is 2. The van der Waals surface area contributed by atoms with Crippen LogP contribution in [-0.2, 0) is 25.6 Å². The molecule has 5 rings (SSSR count). The Labute approximate surface area is 288 Å². The zero-order chi connectivity index (χ0) is 33.7. The molecule has 1 aromatic carbocycles. The number of allylic oxidation sites excluding steroid dienone is 1. The summed E-state index contributed by atoms with van der Waals surface area (Å²) in [5, 5.41) is 30.0. The summed E-state index contributed by atoms with van der Waals surface area (Å²) in [6, 6.07) is 4.69. The summed E-state index contributed by atoms with van der Waals surface area (Å²) in [6.07, 6.45) is 9.20. The lowest BCUT2D eigenvalue weighted by Crippen LogP contribution is -2.49. The highest BCUT2D eigenvalue weighted by atomic mass is 35.5. The van der Waals surface area contributed by atoms with Gasteiger partial charge in [-0.2, -0.15) is 0 Å². The van der Waals surface area contributed by atoms with E-state index in [1.807, 2.05) is 5.38 Å². The molecule has 0 bridgehead atoms. The smallest absolute Gasteiger partial charge is 0.334 e. The highest BCUT2D eigenvalue weighted by molar-refractivity contribution is 7.09. The second kappa shape index (κ2) is 15.2. The molecule has 13 heteroatoms. The SMILES string of the molecule is CC(=O)NCC1(C2CCN(C(=O)CC3=C(C(=O)O)C(c4c(Cl)cccc4Cl)C(C(=O)O)=C(CCc4nccs4)N3)CC2)CCCCC1. The number of piperidine rings is 1. The summed E-state index contributed by atoms with van der Waals surface area (Å²) in [4.78, 5) is 57.5. The number of likely N-dealkylation sites (tertiary alicyclic amines) is 1. The number of nitrogens with zero attached hydrogens (tertiary/aromatic N) is 2. The van der Waals surface area contributed by atoms with Crippen molar-refractivity contribution >= 4 is 58.3 Å². The first kappa shape index (κ1) is 34.9. The van der Waals surface area contributed by atoms with Gasteiger partial charge in [0.15, 0.2) is 0 Å². The van der Waals surface area contributed by atoms with Crippen LogP contribution in [0.3, 0.4) is 0 Å². The first-order valence-electron chi connectivity index (χ1n) is 16.0. The number of nitrogens with one attached hydrogen (secondary N) is 2. The molecule has 3 aliphatic rings. The van der Waals surface area contributed by atoms with Gasteiger partial charge in [0.1, 0.15) is 0 Å². The Bertz CT molecular complexity index is 1560. The van der Waals surface area contributed by atoms with Gasteiger partial charge in [0.25, 0.3) is 0 Å². The zero-order valence-electron chi connectivity index (χ0n) is 26.3. The summed E-state index contributed by atoms with van der Waals surface area (Å²) in [6.45, 7) is 3.23. The number of benzene rings is 1. The molecule has 3 heterocycles. The predicted molar refractivity (Wildman–Crippen MR) is 180 cm³/mol. The number of hydrogen-bond donors (Lipinski definition) is 4. The van der Waals surface area contributed by atoms with E-state index >= 15 is 0 Å². The Balaban J connectivity index is 1.43. The minimum atomic E-state index is -1.37. The first-order chi connectivity index (χ1) is 22.5. The molecule has 10 nitrogen and oxygen atoms in total. The average molecular weight is 704 g/mol. The average Bonchev–Trinajstić information content (AvgIpc) is 3.56. The number of thiazole rings is 1. The number of rotatable bonds is 11. The molecular formula is C34H40Cl2N4O6S. The van der Waals surface area contributed by atoms with E-state index in [0.29, 0.717) is 32.0 Å². The van der Waals surface area contributed by atoms with Crippen LogP contribution in [0.15, 0.2) is 52.3 Å². The van der Waals surface area contributed by atoms with Crippen LogP contribution >= 0.6 is 34.5 Å². The Morgan fingerprint density at radius 1 is 1.00 bits per heavy atom. The molecule has 47 heavy (non-hydrogen) atoms. The molecule has 252 valence electrons. The van der Waals surface area contributed by atoms with Crippen LogP contribution in [-0.4, -0.2) is 63.5 Å². The van der Waals surface area contributed by atoms with E-state index < -0.39 is 17.9 Å². The number of halogens is 2. The summed E-state index contributed by atoms with van der Waals surface area (Å²) < 4.78 is 0. The number of aliphatic carboxylic acids is 2. The van der Waals surface area contributed by atoms with Crippen LogP contribution in [0.25, 0.3) is 0 Å². The summed E-state index contributed by atoms with van der Waals surface area (Å²) in [7, 11) is 0. The Morgan fingerprint density at radius 3 is 2.21 bits per heavy atom. The molecule has 1 unspecified atom stereocenters. The molecule has 2 aromatic rings. The number of dihydropyridines is 1. The lowest BCUT2D eigenvalue weighted by atomic mass is 9.63. The van der Waals surface area contributed by atoms with Gasteiger partial charge >= 0.3 is 11.9 Å². The standard InChI is InChI=1S/C34H40Cl2N4O6S/c1-20(41)38-19-34(12-3-2-4-13-34)21-10-15-40(16-11-21)27(42)18-25-30(33(45)46)31(28-22(35)6-5-7-23(28)36)29(32(43)44)24(39-25)8-9-26-37-14-17-47-26/h5-7,14,17,21,31,39H,2-4,8-13,15-16,18-19H2,1H3,(H,38,41)(H,43,44)(H,45,46). The van der Waals surface area contributed by atoms with Gasteiger partial charge in [0, 0.05) is 71.6 Å². The number of aryl methyl sites for hydroxylation is 1. The number of carbonyl (C=O) groups excluding carboxylic acids is 2. The molecule has 1 atom stereocenters. The van der Waals surface area contributed by atoms with E-state index in [-0.39, 0.29) is 68.2 Å². The van der Waals surface area contributed by atoms with Crippen molar-refractivity contribution in [3.05, 3.63) is 72.9 Å². The quantitative estimate of drug-likeness (QED) is 0.218. The molecule has 2 fully saturated rings. The van der Waals surface area contributed by atoms with Crippen LogP contribution in [0, 0.1) is 11.3 Å². The number of carbonyl (C=O) groups is 4. The molecule has 1 saturated carbocycles. The molecule has 4 N–H and O–H groups in total. The van der Waals surface area contributed by atoms with Gasteiger partial charge in [-0.15, -0.1) is 11.3 Å². The third kappa shape index (κ3) is 7.84. The maximum atomic E-state index is 13.9. The number of aromatic nitrogens is 1. The van der Waals surface area contributed by atoms with Gasteiger partial charge in [-0.25, -0.2) is 14.6 Å². The van der Waals surface area contributed by atoms with E-state index in [1.54, 1.807) is 36.2 Å². The molecule has 2 aliphatic heterocycles. The van der Waals surface area contributed by atoms with Crippen molar-refractivity contribution in [3.63, 3.8) is 0 Å². The molecule has 0 spiro atoms. The monoisotopic (exact) mass is 702 g/mol. The van der Waals surface area contributed by atoms with Crippen molar-refractivity contribution in [3.8, 4) is 0 Å². The van der Waals surface area contributed by atoms with Crippen molar-refractivity contribution in [1.29, 1.82) is 0 Å². The molecule has 1 aromatic heterocycles. The van der Waals surface area contributed by atoms with Crippen molar-refractivity contribution in [1.82, 2.24) is 20.5 Å². The van der Waals surface area contributed by atoms with Crippen LogP contribution in [0.2, 0.25) is 10.0 Å². The first-order valence-corrected chi connectivity index (χ1v) is 17.7. The van der Waals surface area contributed by atoms with Gasteiger partial charge in [-0.1, -0.05) is 48.5 Å². The van der Waals surface area contributed by atoms with E-state index in [0.717, 1.165) is 43.5 Å².